The SMILES string of the molecule is CSc1ccccc1Oc1ccc([C@@H](C)O)cn1. The van der Waals surface area contributed by atoms with Gasteiger partial charge in [0, 0.05) is 17.2 Å². The van der Waals surface area contributed by atoms with E-state index in [-0.39, 0.29) is 0 Å². The van der Waals surface area contributed by atoms with Crippen LogP contribution in [-0.4, -0.2) is 16.3 Å². The highest BCUT2D eigenvalue weighted by Gasteiger charge is 2.05. The molecule has 4 heteroatoms. The van der Waals surface area contributed by atoms with Crippen molar-refractivity contribution < 1.29 is 9.84 Å². The van der Waals surface area contributed by atoms with Crippen LogP contribution in [0.4, 0.5) is 0 Å². The molecule has 0 aliphatic carbocycles. The van der Waals surface area contributed by atoms with Gasteiger partial charge in [0.2, 0.25) is 5.88 Å². The van der Waals surface area contributed by atoms with Gasteiger partial charge in [-0.25, -0.2) is 4.98 Å². The van der Waals surface area contributed by atoms with E-state index < -0.39 is 6.10 Å². The number of aliphatic hydroxyl groups is 1. The van der Waals surface area contributed by atoms with E-state index in [0.717, 1.165) is 16.2 Å². The molecule has 0 saturated heterocycles. The molecule has 0 radical (unpaired) electrons. The van der Waals surface area contributed by atoms with E-state index in [2.05, 4.69) is 4.98 Å². The van der Waals surface area contributed by atoms with Crippen LogP contribution in [0.25, 0.3) is 0 Å². The Hall–Kier alpha value is -1.52. The fourth-order valence-electron chi connectivity index (χ4n) is 1.52. The highest BCUT2D eigenvalue weighted by atomic mass is 32.2. The Morgan fingerprint density at radius 1 is 1.22 bits per heavy atom. The molecule has 1 aromatic heterocycles. The summed E-state index contributed by atoms with van der Waals surface area (Å²) >= 11 is 1.63. The van der Waals surface area contributed by atoms with E-state index in [0.29, 0.717) is 5.88 Å². The fraction of sp³-hybridized carbons (Fsp3) is 0.214. The summed E-state index contributed by atoms with van der Waals surface area (Å²) in [5, 5.41) is 9.40. The first-order valence-corrected chi connectivity index (χ1v) is 6.88. The third-order valence-corrected chi connectivity index (χ3v) is 3.30. The van der Waals surface area contributed by atoms with Crippen LogP contribution in [0.15, 0.2) is 47.5 Å². The summed E-state index contributed by atoms with van der Waals surface area (Å²) < 4.78 is 5.72. The summed E-state index contributed by atoms with van der Waals surface area (Å²) in [6, 6.07) is 11.4. The first kappa shape index (κ1) is 12.9. The van der Waals surface area contributed by atoms with Crippen molar-refractivity contribution in [3.63, 3.8) is 0 Å². The normalized spacial score (nSPS) is 12.2. The Morgan fingerprint density at radius 3 is 2.61 bits per heavy atom. The highest BCUT2D eigenvalue weighted by molar-refractivity contribution is 7.98. The van der Waals surface area contributed by atoms with E-state index in [9.17, 15) is 5.11 Å². The molecule has 1 atom stereocenters. The number of hydrogen-bond donors (Lipinski definition) is 1. The average Bonchev–Trinajstić information content (AvgIpc) is 2.40. The molecule has 2 aromatic rings. The number of nitrogens with zero attached hydrogens (tertiary/aromatic N) is 1. The van der Waals surface area contributed by atoms with Gasteiger partial charge in [0.25, 0.3) is 0 Å². The Balaban J connectivity index is 2.18. The van der Waals surface area contributed by atoms with Gasteiger partial charge in [0.15, 0.2) is 0 Å². The number of pyridine rings is 1. The largest absolute Gasteiger partial charge is 0.438 e. The molecule has 0 amide bonds. The Morgan fingerprint density at radius 2 is 2.00 bits per heavy atom. The molecule has 1 N–H and O–H groups in total. The number of ether oxygens (including phenoxy) is 1. The molecular weight excluding hydrogens is 246 g/mol. The smallest absolute Gasteiger partial charge is 0.219 e. The molecule has 1 heterocycles. The van der Waals surface area contributed by atoms with Gasteiger partial charge in [-0.3, -0.25) is 0 Å². The third kappa shape index (κ3) is 3.03. The minimum atomic E-state index is -0.509. The van der Waals surface area contributed by atoms with Gasteiger partial charge < -0.3 is 9.84 Å². The molecule has 0 aliphatic heterocycles. The summed E-state index contributed by atoms with van der Waals surface area (Å²) in [4.78, 5) is 5.25. The van der Waals surface area contributed by atoms with Crippen LogP contribution in [0.3, 0.4) is 0 Å². The predicted octanol–water partition coefficient (Wildman–Crippen LogP) is 3.65. The molecule has 0 fully saturated rings. The lowest BCUT2D eigenvalue weighted by Gasteiger charge is -2.09. The van der Waals surface area contributed by atoms with Crippen molar-refractivity contribution in [1.82, 2.24) is 4.98 Å². The van der Waals surface area contributed by atoms with Crippen molar-refractivity contribution in [2.45, 2.75) is 17.9 Å². The van der Waals surface area contributed by atoms with Crippen LogP contribution < -0.4 is 4.74 Å². The number of aliphatic hydroxyl groups excluding tert-OH is 1. The molecule has 0 aliphatic rings. The summed E-state index contributed by atoms with van der Waals surface area (Å²) in [5.41, 5.74) is 0.778. The van der Waals surface area contributed by atoms with E-state index in [4.69, 9.17) is 4.74 Å². The van der Waals surface area contributed by atoms with Crippen LogP contribution in [0, 0.1) is 0 Å². The standard InChI is InChI=1S/C14H15NO2S/c1-10(16)11-7-8-14(15-9-11)17-12-5-3-4-6-13(12)18-2/h3-10,16H,1-2H3/t10-/m1/s1. The van der Waals surface area contributed by atoms with Gasteiger partial charge in [0.05, 0.1) is 6.10 Å². The predicted molar refractivity (Wildman–Crippen MR) is 73.2 cm³/mol. The summed E-state index contributed by atoms with van der Waals surface area (Å²) in [6.07, 6.45) is 3.12. The zero-order valence-corrected chi connectivity index (χ0v) is 11.1. The molecule has 18 heavy (non-hydrogen) atoms. The second-order valence-corrected chi connectivity index (χ2v) is 4.71. The fourth-order valence-corrected chi connectivity index (χ4v) is 2.04. The van der Waals surface area contributed by atoms with Gasteiger partial charge in [-0.15, -0.1) is 11.8 Å². The lowest BCUT2D eigenvalue weighted by atomic mass is 10.2. The second kappa shape index (κ2) is 5.89. The van der Waals surface area contributed by atoms with Gasteiger partial charge in [-0.05, 0) is 36.9 Å². The van der Waals surface area contributed by atoms with Crippen LogP contribution in [0.2, 0.25) is 0 Å². The average molecular weight is 261 g/mol. The zero-order valence-electron chi connectivity index (χ0n) is 10.3. The molecule has 0 bridgehead atoms. The van der Waals surface area contributed by atoms with E-state index in [1.54, 1.807) is 30.9 Å². The summed E-state index contributed by atoms with van der Waals surface area (Å²) in [6.45, 7) is 1.71. The van der Waals surface area contributed by atoms with Crippen molar-refractivity contribution in [3.8, 4) is 11.6 Å². The molecule has 0 spiro atoms. The third-order valence-electron chi connectivity index (χ3n) is 2.53. The minimum Gasteiger partial charge on any atom is -0.438 e. The maximum atomic E-state index is 9.40. The molecule has 3 nitrogen and oxygen atoms in total. The molecule has 2 rings (SSSR count). The Labute approximate surface area is 111 Å². The first-order chi connectivity index (χ1) is 8.70. The number of thioether (sulfide) groups is 1. The minimum absolute atomic E-state index is 0.509. The quantitative estimate of drug-likeness (QED) is 0.853. The summed E-state index contributed by atoms with van der Waals surface area (Å²) in [5.74, 6) is 1.32. The highest BCUT2D eigenvalue weighted by Crippen LogP contribution is 2.30. The van der Waals surface area contributed by atoms with Crippen molar-refractivity contribution in [3.05, 3.63) is 48.2 Å². The number of para-hydroxylation sites is 1. The van der Waals surface area contributed by atoms with Gasteiger partial charge >= 0.3 is 0 Å². The van der Waals surface area contributed by atoms with E-state index in [1.807, 2.05) is 36.6 Å². The lowest BCUT2D eigenvalue weighted by Crippen LogP contribution is -1.94. The molecule has 1 aromatic carbocycles. The number of aromatic nitrogens is 1. The van der Waals surface area contributed by atoms with Crippen molar-refractivity contribution in [1.29, 1.82) is 0 Å². The van der Waals surface area contributed by atoms with Crippen LogP contribution >= 0.6 is 11.8 Å². The lowest BCUT2D eigenvalue weighted by molar-refractivity contribution is 0.198. The van der Waals surface area contributed by atoms with Crippen LogP contribution in [0.5, 0.6) is 11.6 Å². The number of benzene rings is 1. The number of hydrogen-bond acceptors (Lipinski definition) is 4. The van der Waals surface area contributed by atoms with Gasteiger partial charge in [-0.1, -0.05) is 12.1 Å². The van der Waals surface area contributed by atoms with Crippen molar-refractivity contribution >= 4 is 11.8 Å². The van der Waals surface area contributed by atoms with E-state index >= 15 is 0 Å². The van der Waals surface area contributed by atoms with Crippen LogP contribution in [-0.2, 0) is 0 Å². The number of rotatable bonds is 4. The molecule has 94 valence electrons. The van der Waals surface area contributed by atoms with Crippen molar-refractivity contribution in [2.75, 3.05) is 6.26 Å². The van der Waals surface area contributed by atoms with E-state index in [1.165, 1.54) is 0 Å². The first-order valence-electron chi connectivity index (χ1n) is 5.65. The zero-order chi connectivity index (χ0) is 13.0. The second-order valence-electron chi connectivity index (χ2n) is 3.86. The molecular formula is C14H15NO2S. The van der Waals surface area contributed by atoms with Gasteiger partial charge in [-0.2, -0.15) is 0 Å². The topological polar surface area (TPSA) is 42.4 Å². The summed E-state index contributed by atoms with van der Waals surface area (Å²) in [7, 11) is 0. The maximum absolute atomic E-state index is 9.40. The van der Waals surface area contributed by atoms with Crippen molar-refractivity contribution in [2.24, 2.45) is 0 Å². The van der Waals surface area contributed by atoms with Gasteiger partial charge in [0.1, 0.15) is 5.75 Å². The Bertz CT molecular complexity index is 511. The van der Waals surface area contributed by atoms with Crippen LogP contribution in [0.1, 0.15) is 18.6 Å². The monoisotopic (exact) mass is 261 g/mol. The Kier molecular flexibility index (Phi) is 4.23. The maximum Gasteiger partial charge on any atom is 0.219 e. The molecule has 0 unspecified atom stereocenters. The molecule has 0 saturated carbocycles.